The van der Waals surface area contributed by atoms with Crippen molar-refractivity contribution in [3.63, 3.8) is 0 Å². The Labute approximate surface area is 112 Å². The zero-order valence-electron chi connectivity index (χ0n) is 9.94. The van der Waals surface area contributed by atoms with Crippen molar-refractivity contribution in [2.45, 2.75) is 13.3 Å². The molecule has 0 aliphatic rings. The predicted octanol–water partition coefficient (Wildman–Crippen LogP) is 2.01. The first-order valence-corrected chi connectivity index (χ1v) is 6.06. The van der Waals surface area contributed by atoms with Gasteiger partial charge in [0, 0.05) is 10.7 Å². The molecule has 0 bridgehead atoms. The number of hydrogen-bond donors (Lipinski definition) is 0. The highest BCUT2D eigenvalue weighted by molar-refractivity contribution is 9.10. The van der Waals surface area contributed by atoms with E-state index in [1.807, 2.05) is 6.07 Å². The molecule has 0 N–H and O–H groups in total. The number of carbonyl (C=O) groups is 2. The van der Waals surface area contributed by atoms with Crippen molar-refractivity contribution in [1.29, 1.82) is 0 Å². The summed E-state index contributed by atoms with van der Waals surface area (Å²) in [5.74, 6) is 0.00652. The Kier molecular flexibility index (Phi) is 3.47. The second-order valence-electron chi connectivity index (χ2n) is 3.85. The molecule has 0 aliphatic heterocycles. The molecule has 2 aromatic rings. The number of halogens is 1. The van der Waals surface area contributed by atoms with E-state index in [1.165, 1.54) is 14.0 Å². The van der Waals surface area contributed by atoms with Crippen LogP contribution in [0.3, 0.4) is 0 Å². The van der Waals surface area contributed by atoms with Gasteiger partial charge in [-0.1, -0.05) is 15.9 Å². The number of fused-ring (bicyclic) bond motifs is 1. The van der Waals surface area contributed by atoms with Crippen molar-refractivity contribution < 1.29 is 14.3 Å². The van der Waals surface area contributed by atoms with Gasteiger partial charge in [-0.05, 0) is 19.1 Å². The number of carbonyl (C=O) groups excluding carboxylic acids is 2. The number of aromatic nitrogens is 2. The molecular formula is C12H11BrN2O3. The largest absolute Gasteiger partial charge is 0.464 e. The van der Waals surface area contributed by atoms with Crippen LogP contribution in [0.15, 0.2) is 22.8 Å². The molecule has 2 aromatic heterocycles. The van der Waals surface area contributed by atoms with Crippen LogP contribution in [0.5, 0.6) is 0 Å². The Hall–Kier alpha value is -1.69. The summed E-state index contributed by atoms with van der Waals surface area (Å²) in [6, 6.07) is 3.59. The summed E-state index contributed by atoms with van der Waals surface area (Å²) in [6.45, 7) is 1.48. The molecule has 2 heterocycles. The van der Waals surface area contributed by atoms with Crippen LogP contribution in [-0.2, 0) is 16.0 Å². The lowest BCUT2D eigenvalue weighted by Gasteiger charge is -1.99. The van der Waals surface area contributed by atoms with Crippen LogP contribution in [0.4, 0.5) is 0 Å². The Morgan fingerprint density at radius 2 is 2.22 bits per heavy atom. The van der Waals surface area contributed by atoms with Gasteiger partial charge in [-0.15, -0.1) is 0 Å². The molecule has 0 aromatic carbocycles. The molecule has 6 heteroatoms. The van der Waals surface area contributed by atoms with Gasteiger partial charge in [0.2, 0.25) is 0 Å². The maximum absolute atomic E-state index is 11.6. The van der Waals surface area contributed by atoms with Gasteiger partial charge in [-0.25, -0.2) is 9.78 Å². The minimum Gasteiger partial charge on any atom is -0.464 e. The van der Waals surface area contributed by atoms with Crippen LogP contribution in [-0.4, -0.2) is 28.2 Å². The molecule has 94 valence electrons. The summed E-state index contributed by atoms with van der Waals surface area (Å²) < 4.78 is 7.24. The van der Waals surface area contributed by atoms with E-state index in [0.717, 1.165) is 4.47 Å². The molecule has 0 spiro atoms. The standard InChI is InChI=1S/C12H11BrN2O3/c1-7(16)5-10-14-11(12(17)18-2)9-6-8(13)3-4-15(9)10/h3-4,6H,5H2,1-2H3. The van der Waals surface area contributed by atoms with Crippen molar-refractivity contribution in [2.24, 2.45) is 0 Å². The average Bonchev–Trinajstić information content (AvgIpc) is 2.65. The number of nitrogens with zero attached hydrogens (tertiary/aromatic N) is 2. The van der Waals surface area contributed by atoms with E-state index in [9.17, 15) is 9.59 Å². The third-order valence-electron chi connectivity index (χ3n) is 2.46. The molecule has 0 saturated heterocycles. The maximum Gasteiger partial charge on any atom is 0.358 e. The molecular weight excluding hydrogens is 300 g/mol. The van der Waals surface area contributed by atoms with E-state index in [2.05, 4.69) is 25.7 Å². The number of esters is 1. The third kappa shape index (κ3) is 2.28. The fraction of sp³-hybridized carbons (Fsp3) is 0.250. The Morgan fingerprint density at radius 1 is 1.50 bits per heavy atom. The number of rotatable bonds is 3. The second-order valence-corrected chi connectivity index (χ2v) is 4.76. The van der Waals surface area contributed by atoms with Gasteiger partial charge in [-0.3, -0.25) is 4.79 Å². The van der Waals surface area contributed by atoms with Gasteiger partial charge in [0.25, 0.3) is 0 Å². The molecule has 0 unspecified atom stereocenters. The van der Waals surface area contributed by atoms with Gasteiger partial charge in [0.15, 0.2) is 5.69 Å². The van der Waals surface area contributed by atoms with Gasteiger partial charge in [0.05, 0.1) is 19.0 Å². The highest BCUT2D eigenvalue weighted by atomic mass is 79.9. The first-order valence-electron chi connectivity index (χ1n) is 5.27. The minimum absolute atomic E-state index is 0.0127. The average molecular weight is 311 g/mol. The van der Waals surface area contributed by atoms with Crippen LogP contribution >= 0.6 is 15.9 Å². The zero-order valence-corrected chi connectivity index (χ0v) is 11.5. The smallest absolute Gasteiger partial charge is 0.358 e. The van der Waals surface area contributed by atoms with E-state index >= 15 is 0 Å². The molecule has 2 rings (SSSR count). The van der Waals surface area contributed by atoms with Crippen LogP contribution in [0.2, 0.25) is 0 Å². The molecule has 18 heavy (non-hydrogen) atoms. The van der Waals surface area contributed by atoms with Crippen molar-refractivity contribution in [2.75, 3.05) is 7.11 Å². The van der Waals surface area contributed by atoms with Crippen LogP contribution in [0, 0.1) is 0 Å². The van der Waals surface area contributed by atoms with Crippen LogP contribution in [0.1, 0.15) is 23.2 Å². The molecule has 0 saturated carbocycles. The van der Waals surface area contributed by atoms with E-state index in [0.29, 0.717) is 11.3 Å². The molecule has 0 fully saturated rings. The maximum atomic E-state index is 11.6. The van der Waals surface area contributed by atoms with E-state index < -0.39 is 5.97 Å². The number of hydrogen-bond acceptors (Lipinski definition) is 4. The molecule has 0 atom stereocenters. The zero-order chi connectivity index (χ0) is 13.3. The number of ether oxygens (including phenoxy) is 1. The Bertz CT molecular complexity index is 634. The molecule has 5 nitrogen and oxygen atoms in total. The van der Waals surface area contributed by atoms with Crippen molar-refractivity contribution >= 4 is 33.2 Å². The monoisotopic (exact) mass is 310 g/mol. The Balaban J connectivity index is 2.66. The highest BCUT2D eigenvalue weighted by Crippen LogP contribution is 2.19. The van der Waals surface area contributed by atoms with Crippen LogP contribution < -0.4 is 0 Å². The van der Waals surface area contributed by atoms with Gasteiger partial charge >= 0.3 is 5.97 Å². The first-order chi connectivity index (χ1) is 8.52. The normalized spacial score (nSPS) is 10.6. The van der Waals surface area contributed by atoms with Gasteiger partial charge < -0.3 is 9.14 Å². The lowest BCUT2D eigenvalue weighted by Crippen LogP contribution is -2.03. The number of Topliss-reactive ketones (excluding diaryl/α,β-unsaturated/α-hetero) is 1. The topological polar surface area (TPSA) is 60.7 Å². The summed E-state index contributed by atoms with van der Waals surface area (Å²) in [4.78, 5) is 27.0. The second kappa shape index (κ2) is 4.89. The van der Waals surface area contributed by atoms with E-state index in [4.69, 9.17) is 0 Å². The van der Waals surface area contributed by atoms with Crippen LogP contribution in [0.25, 0.3) is 5.52 Å². The van der Waals surface area contributed by atoms with E-state index in [-0.39, 0.29) is 17.9 Å². The highest BCUT2D eigenvalue weighted by Gasteiger charge is 2.18. The van der Waals surface area contributed by atoms with Crippen molar-refractivity contribution in [1.82, 2.24) is 9.38 Å². The fourth-order valence-electron chi connectivity index (χ4n) is 1.72. The fourth-order valence-corrected chi connectivity index (χ4v) is 2.05. The summed E-state index contributed by atoms with van der Waals surface area (Å²) in [5, 5.41) is 0. The Morgan fingerprint density at radius 3 is 2.83 bits per heavy atom. The quantitative estimate of drug-likeness (QED) is 0.814. The minimum atomic E-state index is -0.514. The third-order valence-corrected chi connectivity index (χ3v) is 2.96. The van der Waals surface area contributed by atoms with Crippen molar-refractivity contribution in [3.8, 4) is 0 Å². The number of methoxy groups -OCH3 is 1. The predicted molar refractivity (Wildman–Crippen MR) is 68.6 cm³/mol. The molecule has 0 aliphatic carbocycles. The van der Waals surface area contributed by atoms with Gasteiger partial charge in [0.1, 0.15) is 11.6 Å². The van der Waals surface area contributed by atoms with Gasteiger partial charge in [-0.2, -0.15) is 0 Å². The van der Waals surface area contributed by atoms with E-state index in [1.54, 1.807) is 16.7 Å². The summed E-state index contributed by atoms with van der Waals surface area (Å²) in [6.07, 6.45) is 1.94. The number of pyridine rings is 1. The van der Waals surface area contributed by atoms with Crippen molar-refractivity contribution in [3.05, 3.63) is 34.3 Å². The number of imidazole rings is 1. The summed E-state index contributed by atoms with van der Waals surface area (Å²) >= 11 is 3.34. The first kappa shape index (κ1) is 12.8. The SMILES string of the molecule is COC(=O)c1nc(CC(C)=O)n2ccc(Br)cc12. The summed E-state index contributed by atoms with van der Waals surface area (Å²) in [5.41, 5.74) is 0.836. The lowest BCUT2D eigenvalue weighted by atomic mass is 10.3. The lowest BCUT2D eigenvalue weighted by molar-refractivity contribution is -0.116. The molecule has 0 radical (unpaired) electrons. The number of ketones is 1. The summed E-state index contributed by atoms with van der Waals surface area (Å²) in [7, 11) is 1.30. The molecule has 0 amide bonds.